The van der Waals surface area contributed by atoms with Crippen LogP contribution in [-0.4, -0.2) is 13.4 Å². The summed E-state index contributed by atoms with van der Waals surface area (Å²) in [6, 6.07) is 26.5. The summed E-state index contributed by atoms with van der Waals surface area (Å²) in [5, 5.41) is 4.91. The summed E-state index contributed by atoms with van der Waals surface area (Å²) >= 11 is 0. The fourth-order valence-corrected chi connectivity index (χ4v) is 3.68. The Labute approximate surface area is 229 Å². The van der Waals surface area contributed by atoms with Crippen LogP contribution in [0.5, 0.6) is 0 Å². The van der Waals surface area contributed by atoms with Crippen LogP contribution >= 0.6 is 0 Å². The van der Waals surface area contributed by atoms with E-state index in [4.69, 9.17) is 0 Å². The van der Waals surface area contributed by atoms with Gasteiger partial charge in [-0.25, -0.2) is 4.57 Å². The van der Waals surface area contributed by atoms with Gasteiger partial charge in [-0.1, -0.05) is 30.7 Å². The van der Waals surface area contributed by atoms with Crippen LogP contribution in [0.25, 0.3) is 43.9 Å². The van der Waals surface area contributed by atoms with Gasteiger partial charge in [0.05, 0.1) is 12.4 Å². The first-order chi connectivity index (χ1) is 13.2. The van der Waals surface area contributed by atoms with Crippen molar-refractivity contribution in [1.82, 2.24) is 4.98 Å². The molecule has 2 nitrogen and oxygen atoms in total. The Bertz CT molecular complexity index is 1310. The van der Waals surface area contributed by atoms with Crippen molar-refractivity contribution in [2.24, 2.45) is 7.05 Å². The first-order valence-corrected chi connectivity index (χ1v) is 9.04. The number of nitrogens with zero attached hydrogens (tertiary/aromatic N) is 2. The van der Waals surface area contributed by atoms with Gasteiger partial charge in [0.15, 0.2) is 11.9 Å². The van der Waals surface area contributed by atoms with E-state index in [9.17, 15) is 0 Å². The number of benzene rings is 3. The Hall–Kier alpha value is -1.12. The molecule has 139 valence electrons. The molecule has 0 fully saturated rings. The zero-order chi connectivity index (χ0) is 18.4. The third kappa shape index (κ3) is 4.55. The number of aromatic nitrogens is 2. The van der Waals surface area contributed by atoms with Crippen LogP contribution in [0.3, 0.4) is 0 Å². The van der Waals surface area contributed by atoms with E-state index in [2.05, 4.69) is 83.2 Å². The van der Waals surface area contributed by atoms with Crippen LogP contribution in [0.2, 0.25) is 0 Å². The summed E-state index contributed by atoms with van der Waals surface area (Å²) < 4.78 is 2.08. The summed E-state index contributed by atoms with van der Waals surface area (Å²) in [5.41, 5.74) is 5.42. The number of hydrogen-bond acceptors (Lipinski definition) is 1. The van der Waals surface area contributed by atoms with Gasteiger partial charge in [-0.05, 0) is 0 Å². The SMILES string of the molecule is Cc1ccc(-c2[c-]c3c(cc2)[cH-]c2ccccc23)[c-]c1-c1cncc[n+]1C.[B].[Y].[Y]. The van der Waals surface area contributed by atoms with Crippen molar-refractivity contribution in [1.29, 1.82) is 0 Å². The van der Waals surface area contributed by atoms with Gasteiger partial charge in [0, 0.05) is 73.8 Å². The van der Waals surface area contributed by atoms with Crippen molar-refractivity contribution in [2.45, 2.75) is 6.92 Å². The van der Waals surface area contributed by atoms with Gasteiger partial charge < -0.3 is 0 Å². The van der Waals surface area contributed by atoms with Crippen LogP contribution in [0.1, 0.15) is 5.56 Å². The number of rotatable bonds is 2. The molecule has 0 unspecified atom stereocenters. The molecule has 5 aromatic rings. The van der Waals surface area contributed by atoms with Crippen molar-refractivity contribution < 1.29 is 70.0 Å². The summed E-state index contributed by atoms with van der Waals surface area (Å²) in [4.78, 5) is 4.28. The summed E-state index contributed by atoms with van der Waals surface area (Å²) in [5.74, 6) is 0. The molecular weight excluding hydrogens is 517 g/mol. The Balaban J connectivity index is 0.00000107. The Morgan fingerprint density at radius 1 is 0.900 bits per heavy atom. The molecule has 1 aromatic heterocycles. The van der Waals surface area contributed by atoms with Gasteiger partial charge in [0.2, 0.25) is 0 Å². The molecule has 0 N–H and O–H groups in total. The van der Waals surface area contributed by atoms with Gasteiger partial charge in [-0.3, -0.25) is 4.98 Å². The zero-order valence-electron chi connectivity index (χ0n) is 17.1. The van der Waals surface area contributed by atoms with E-state index in [0.717, 1.165) is 22.4 Å². The maximum atomic E-state index is 4.28. The summed E-state index contributed by atoms with van der Waals surface area (Å²) in [6.45, 7) is 2.11. The van der Waals surface area contributed by atoms with E-state index in [1.807, 2.05) is 19.4 Å². The quantitative estimate of drug-likeness (QED) is 0.181. The number of hydrogen-bond donors (Lipinski definition) is 0. The van der Waals surface area contributed by atoms with Gasteiger partial charge in [0.1, 0.15) is 7.05 Å². The van der Waals surface area contributed by atoms with E-state index in [-0.39, 0.29) is 73.8 Å². The van der Waals surface area contributed by atoms with Crippen LogP contribution in [0.4, 0.5) is 0 Å². The van der Waals surface area contributed by atoms with E-state index in [0.29, 0.717) is 0 Å². The van der Waals surface area contributed by atoms with Crippen LogP contribution in [-0.2, 0) is 72.5 Å². The average molecular weight is 535 g/mol. The monoisotopic (exact) mass is 535 g/mol. The second-order valence-electron chi connectivity index (χ2n) is 6.94. The third-order valence-corrected chi connectivity index (χ3v) is 5.17. The minimum atomic E-state index is 0. The van der Waals surface area contributed by atoms with E-state index in [1.165, 1.54) is 27.1 Å². The van der Waals surface area contributed by atoms with E-state index in [1.54, 1.807) is 6.20 Å². The van der Waals surface area contributed by atoms with E-state index < -0.39 is 0 Å². The van der Waals surface area contributed by atoms with Crippen molar-refractivity contribution in [3.05, 3.63) is 90.9 Å². The maximum absolute atomic E-state index is 4.28. The van der Waals surface area contributed by atoms with Crippen molar-refractivity contribution >= 4 is 30.0 Å². The minimum absolute atomic E-state index is 0. The fourth-order valence-electron chi connectivity index (χ4n) is 3.68. The summed E-state index contributed by atoms with van der Waals surface area (Å²) in [6.07, 6.45) is 5.65. The molecule has 5 radical (unpaired) electrons. The maximum Gasteiger partial charge on any atom is 0.180 e. The number of aryl methyl sites for hydroxylation is 2. The van der Waals surface area contributed by atoms with Gasteiger partial charge in [-0.2, -0.15) is 58.3 Å². The van der Waals surface area contributed by atoms with E-state index >= 15 is 0 Å². The second-order valence-corrected chi connectivity index (χ2v) is 6.94. The summed E-state index contributed by atoms with van der Waals surface area (Å²) in [7, 11) is 2.03. The normalized spacial score (nSPS) is 10.2. The zero-order valence-corrected chi connectivity index (χ0v) is 22.7. The molecule has 1 heterocycles. The molecule has 0 spiro atoms. The first kappa shape index (κ1) is 25.1. The van der Waals surface area contributed by atoms with Crippen molar-refractivity contribution in [3.8, 4) is 22.4 Å². The molecule has 0 atom stereocenters. The number of fused-ring (bicyclic) bond motifs is 3. The smallest absolute Gasteiger partial charge is 0.180 e. The molecule has 0 saturated heterocycles. The van der Waals surface area contributed by atoms with Gasteiger partial charge in [0.25, 0.3) is 0 Å². The van der Waals surface area contributed by atoms with Gasteiger partial charge >= 0.3 is 0 Å². The van der Waals surface area contributed by atoms with Gasteiger partial charge in [-0.15, -0.1) is 28.5 Å². The predicted molar refractivity (Wildman–Crippen MR) is 115 cm³/mol. The van der Waals surface area contributed by atoms with Crippen LogP contribution < -0.4 is 4.57 Å². The molecule has 30 heavy (non-hydrogen) atoms. The molecule has 0 amide bonds. The molecule has 4 aromatic carbocycles. The van der Waals surface area contributed by atoms with Crippen LogP contribution in [0.15, 0.2) is 73.2 Å². The van der Waals surface area contributed by atoms with Crippen LogP contribution in [0, 0.1) is 19.1 Å². The Morgan fingerprint density at radius 3 is 2.43 bits per heavy atom. The van der Waals surface area contributed by atoms with Crippen molar-refractivity contribution in [2.75, 3.05) is 0 Å². The third-order valence-electron chi connectivity index (χ3n) is 5.17. The fraction of sp³-hybridized carbons (Fsp3) is 0.0800. The molecule has 0 aliphatic heterocycles. The minimum Gasteiger partial charge on any atom is -0.260 e. The molecule has 0 bridgehead atoms. The van der Waals surface area contributed by atoms with Crippen molar-refractivity contribution in [3.63, 3.8) is 0 Å². The molecule has 0 aliphatic rings. The molecular formula is C25H18BN2Y2-2. The molecule has 5 heteroatoms. The average Bonchev–Trinajstić information content (AvgIpc) is 3.07. The topological polar surface area (TPSA) is 16.8 Å². The largest absolute Gasteiger partial charge is 0.260 e. The standard InChI is InChI=1S/C25H18N2.B.2Y/c1-17-7-8-18(14-23(17)25-16-26-11-12-27(25)2)19-9-10-21-13-20-5-3-4-6-22(20)24(21)15-19;;;/h3-13,16H,1-2H3;;;/q-2;;;. The Kier molecular flexibility index (Phi) is 8.77. The first-order valence-electron chi connectivity index (χ1n) is 9.04. The predicted octanol–water partition coefficient (Wildman–Crippen LogP) is 4.79. The second kappa shape index (κ2) is 10.5. The molecule has 0 saturated carbocycles. The Morgan fingerprint density at radius 2 is 1.63 bits per heavy atom. The molecule has 5 rings (SSSR count). The molecule has 0 aliphatic carbocycles.